The number of rotatable bonds is 5. The van der Waals surface area contributed by atoms with Crippen LogP contribution in [0.1, 0.15) is 43.6 Å². The van der Waals surface area contributed by atoms with Crippen LogP contribution in [0.15, 0.2) is 59.4 Å². The van der Waals surface area contributed by atoms with Gasteiger partial charge in [0.2, 0.25) is 0 Å². The Morgan fingerprint density at radius 3 is 2.73 bits per heavy atom. The summed E-state index contributed by atoms with van der Waals surface area (Å²) in [6.45, 7) is 2.73. The van der Waals surface area contributed by atoms with Crippen molar-refractivity contribution >= 4 is 11.8 Å². The lowest BCUT2D eigenvalue weighted by atomic mass is 10.0. The number of hydrogen-bond acceptors (Lipinski definition) is 7. The number of fused-ring (bicyclic) bond motifs is 1. The van der Waals surface area contributed by atoms with Crippen molar-refractivity contribution in [3.05, 3.63) is 88.8 Å². The number of carbonyl (C=O) groups excluding carboxylic acids is 2. The molecule has 0 spiro atoms. The van der Waals surface area contributed by atoms with Crippen LogP contribution < -0.4 is 5.32 Å². The minimum Gasteiger partial charge on any atom is -0.360 e. The summed E-state index contributed by atoms with van der Waals surface area (Å²) in [6, 6.07) is 13.1. The summed E-state index contributed by atoms with van der Waals surface area (Å²) < 4.78 is 5.39. The number of hydrogen-bond donors (Lipinski definition) is 1. The Bertz CT molecular complexity index is 1300. The van der Waals surface area contributed by atoms with Crippen molar-refractivity contribution in [2.45, 2.75) is 26.4 Å². The molecule has 1 aromatic carbocycles. The first kappa shape index (κ1) is 20.6. The zero-order valence-corrected chi connectivity index (χ0v) is 17.9. The number of amides is 2. The van der Waals surface area contributed by atoms with Gasteiger partial charge in [-0.1, -0.05) is 29.4 Å². The third kappa shape index (κ3) is 4.10. The highest BCUT2D eigenvalue weighted by atomic mass is 16.5. The number of benzene rings is 1. The zero-order valence-electron chi connectivity index (χ0n) is 17.9. The second kappa shape index (κ2) is 8.65. The first-order valence-corrected chi connectivity index (χ1v) is 10.5. The molecule has 33 heavy (non-hydrogen) atoms. The molecule has 0 radical (unpaired) electrons. The Morgan fingerprint density at radius 1 is 1.09 bits per heavy atom. The molecule has 0 aliphatic carbocycles. The highest BCUT2D eigenvalue weighted by Gasteiger charge is 2.32. The molecular weight excluding hydrogens is 422 g/mol. The van der Waals surface area contributed by atoms with Gasteiger partial charge in [0.05, 0.1) is 17.9 Å². The SMILES string of the molecule is Cc1nn(-c2ccccc2)nc1C(=O)N1CCc2onc(C(=O)NCc3cccnc3)c2C1. The number of nitrogens with zero attached hydrogens (tertiary/aromatic N) is 6. The van der Waals surface area contributed by atoms with Gasteiger partial charge < -0.3 is 14.7 Å². The summed E-state index contributed by atoms with van der Waals surface area (Å²) in [7, 11) is 0. The number of pyridine rings is 1. The van der Waals surface area contributed by atoms with E-state index in [9.17, 15) is 9.59 Å². The van der Waals surface area contributed by atoms with Crippen LogP contribution >= 0.6 is 0 Å². The van der Waals surface area contributed by atoms with Crippen LogP contribution in [-0.4, -0.2) is 48.4 Å². The fourth-order valence-electron chi connectivity index (χ4n) is 3.73. The largest absolute Gasteiger partial charge is 0.360 e. The van der Waals surface area contributed by atoms with Gasteiger partial charge in [-0.25, -0.2) is 0 Å². The maximum Gasteiger partial charge on any atom is 0.276 e. The Morgan fingerprint density at radius 2 is 1.94 bits per heavy atom. The van der Waals surface area contributed by atoms with E-state index >= 15 is 0 Å². The van der Waals surface area contributed by atoms with E-state index in [1.54, 1.807) is 30.3 Å². The number of aromatic nitrogens is 5. The van der Waals surface area contributed by atoms with Crippen molar-refractivity contribution in [2.24, 2.45) is 0 Å². The van der Waals surface area contributed by atoms with E-state index in [0.717, 1.165) is 11.3 Å². The number of carbonyl (C=O) groups is 2. The molecule has 0 bridgehead atoms. The average Bonchev–Trinajstić information content (AvgIpc) is 3.46. The molecule has 166 valence electrons. The number of para-hydroxylation sites is 1. The minimum atomic E-state index is -0.357. The van der Waals surface area contributed by atoms with Gasteiger partial charge in [-0.15, -0.1) is 5.10 Å². The molecule has 0 saturated carbocycles. The predicted octanol–water partition coefficient (Wildman–Crippen LogP) is 2.09. The van der Waals surface area contributed by atoms with Crippen molar-refractivity contribution in [3.8, 4) is 5.69 Å². The lowest BCUT2D eigenvalue weighted by molar-refractivity contribution is 0.0719. The molecule has 4 heterocycles. The first-order chi connectivity index (χ1) is 16.1. The van der Waals surface area contributed by atoms with Crippen LogP contribution in [0.3, 0.4) is 0 Å². The maximum atomic E-state index is 13.2. The summed E-state index contributed by atoms with van der Waals surface area (Å²) in [4.78, 5) is 33.1. The van der Waals surface area contributed by atoms with Crippen LogP contribution in [0.25, 0.3) is 5.69 Å². The molecule has 0 unspecified atom stereocenters. The van der Waals surface area contributed by atoms with E-state index in [-0.39, 0.29) is 29.7 Å². The van der Waals surface area contributed by atoms with Crippen LogP contribution in [-0.2, 0) is 19.5 Å². The van der Waals surface area contributed by atoms with E-state index < -0.39 is 0 Å². The van der Waals surface area contributed by atoms with E-state index in [0.29, 0.717) is 36.5 Å². The van der Waals surface area contributed by atoms with Gasteiger partial charge in [0.1, 0.15) is 5.76 Å². The standard InChI is InChI=1S/C23H21N7O3/c1-15-20(27-30(26-15)17-7-3-2-4-8-17)23(32)29-11-9-19-18(14-29)21(28-33-19)22(31)25-13-16-6-5-10-24-12-16/h2-8,10,12H,9,11,13-14H2,1H3,(H,25,31). The van der Waals surface area contributed by atoms with Crippen molar-refractivity contribution < 1.29 is 14.1 Å². The Hall–Kier alpha value is -4.34. The summed E-state index contributed by atoms with van der Waals surface area (Å²) in [5.74, 6) is 0.0165. The van der Waals surface area contributed by atoms with Gasteiger partial charge in [-0.2, -0.15) is 9.90 Å². The molecule has 1 N–H and O–H groups in total. The zero-order chi connectivity index (χ0) is 22.8. The van der Waals surface area contributed by atoms with Crippen molar-refractivity contribution in [1.82, 2.24) is 35.4 Å². The Kier molecular flexibility index (Phi) is 5.39. The van der Waals surface area contributed by atoms with Crippen LogP contribution in [0.4, 0.5) is 0 Å². The van der Waals surface area contributed by atoms with E-state index in [2.05, 4.69) is 25.7 Å². The summed E-state index contributed by atoms with van der Waals surface area (Å²) in [6.07, 6.45) is 3.82. The number of nitrogens with one attached hydrogen (secondary N) is 1. The molecule has 0 atom stereocenters. The minimum absolute atomic E-state index is 0.191. The van der Waals surface area contributed by atoms with E-state index in [1.165, 1.54) is 4.80 Å². The van der Waals surface area contributed by atoms with Crippen LogP contribution in [0.5, 0.6) is 0 Å². The summed E-state index contributed by atoms with van der Waals surface area (Å²) >= 11 is 0. The Balaban J connectivity index is 1.32. The van der Waals surface area contributed by atoms with Gasteiger partial charge >= 0.3 is 0 Å². The smallest absolute Gasteiger partial charge is 0.276 e. The molecular formula is C23H21N7O3. The van der Waals surface area contributed by atoms with E-state index in [1.807, 2.05) is 36.4 Å². The molecule has 0 fully saturated rings. The molecule has 10 heteroatoms. The topological polar surface area (TPSA) is 119 Å². The fourth-order valence-corrected chi connectivity index (χ4v) is 3.73. The van der Waals surface area contributed by atoms with Crippen molar-refractivity contribution in [1.29, 1.82) is 0 Å². The highest BCUT2D eigenvalue weighted by molar-refractivity contribution is 5.95. The van der Waals surface area contributed by atoms with Gasteiger partial charge in [0.15, 0.2) is 11.4 Å². The normalized spacial score (nSPS) is 12.9. The molecule has 1 aliphatic heterocycles. The van der Waals surface area contributed by atoms with Crippen LogP contribution in [0, 0.1) is 6.92 Å². The first-order valence-electron chi connectivity index (χ1n) is 10.5. The fraction of sp³-hybridized carbons (Fsp3) is 0.217. The number of aryl methyl sites for hydroxylation is 1. The molecule has 0 saturated heterocycles. The molecule has 1 aliphatic rings. The third-order valence-corrected chi connectivity index (χ3v) is 5.48. The van der Waals surface area contributed by atoms with Gasteiger partial charge in [-0.3, -0.25) is 14.6 Å². The van der Waals surface area contributed by atoms with Crippen molar-refractivity contribution in [2.75, 3.05) is 6.54 Å². The second-order valence-corrected chi connectivity index (χ2v) is 7.71. The maximum absolute atomic E-state index is 13.2. The van der Waals surface area contributed by atoms with Crippen LogP contribution in [0.2, 0.25) is 0 Å². The second-order valence-electron chi connectivity index (χ2n) is 7.71. The average molecular weight is 443 g/mol. The molecule has 4 aromatic rings. The monoisotopic (exact) mass is 443 g/mol. The third-order valence-electron chi connectivity index (χ3n) is 5.48. The lowest BCUT2D eigenvalue weighted by Gasteiger charge is -2.25. The molecule has 5 rings (SSSR count). The highest BCUT2D eigenvalue weighted by Crippen LogP contribution is 2.24. The van der Waals surface area contributed by atoms with Gasteiger partial charge in [0, 0.05) is 37.5 Å². The van der Waals surface area contributed by atoms with Crippen molar-refractivity contribution in [3.63, 3.8) is 0 Å². The molecule has 10 nitrogen and oxygen atoms in total. The Labute approximate surface area is 189 Å². The summed E-state index contributed by atoms with van der Waals surface area (Å²) in [5.41, 5.74) is 3.27. The predicted molar refractivity (Wildman–Crippen MR) is 116 cm³/mol. The van der Waals surface area contributed by atoms with E-state index in [4.69, 9.17) is 4.52 Å². The quantitative estimate of drug-likeness (QED) is 0.502. The van der Waals surface area contributed by atoms with Gasteiger partial charge in [0.25, 0.3) is 11.8 Å². The molecule has 3 aromatic heterocycles. The molecule has 2 amide bonds. The summed E-state index contributed by atoms with van der Waals surface area (Å²) in [5, 5.41) is 15.6. The lowest BCUT2D eigenvalue weighted by Crippen LogP contribution is -2.37. The van der Waals surface area contributed by atoms with Gasteiger partial charge in [-0.05, 0) is 30.7 Å².